The number of nitrogens with zero attached hydrogens (tertiary/aromatic N) is 1. The molecule has 1 fully saturated rings. The standard InChI is InChI=1S/C15H21NO4/c1-3-16-6-7-19-12(9-16)10-20-14-8-11(2)4-5-13(14)15(17)18/h4-5,8,12H,3,6-7,9-10H2,1-2H3,(H,17,18). The molecule has 1 aromatic rings. The van der Waals surface area contributed by atoms with Crippen LogP contribution in [0.1, 0.15) is 22.8 Å². The van der Waals surface area contributed by atoms with Gasteiger partial charge in [-0.3, -0.25) is 4.90 Å². The minimum atomic E-state index is -0.972. The van der Waals surface area contributed by atoms with Gasteiger partial charge in [0.25, 0.3) is 0 Å². The van der Waals surface area contributed by atoms with Gasteiger partial charge in [-0.2, -0.15) is 0 Å². The summed E-state index contributed by atoms with van der Waals surface area (Å²) in [6, 6.07) is 5.10. The van der Waals surface area contributed by atoms with Crippen molar-refractivity contribution in [2.75, 3.05) is 32.8 Å². The SMILES string of the molecule is CCN1CCOC(COc2cc(C)ccc2C(=O)O)C1. The number of likely N-dealkylation sites (N-methyl/N-ethyl adjacent to an activating group) is 1. The molecule has 1 atom stereocenters. The van der Waals surface area contributed by atoms with E-state index in [9.17, 15) is 4.79 Å². The molecule has 1 aliphatic heterocycles. The summed E-state index contributed by atoms with van der Waals surface area (Å²) in [5.74, 6) is -0.561. The van der Waals surface area contributed by atoms with Gasteiger partial charge in [0.2, 0.25) is 0 Å². The van der Waals surface area contributed by atoms with Crippen molar-refractivity contribution in [1.82, 2.24) is 4.90 Å². The second kappa shape index (κ2) is 6.72. The lowest BCUT2D eigenvalue weighted by Gasteiger charge is -2.31. The van der Waals surface area contributed by atoms with E-state index in [-0.39, 0.29) is 11.7 Å². The zero-order valence-corrected chi connectivity index (χ0v) is 12.0. The van der Waals surface area contributed by atoms with Gasteiger partial charge in [0.1, 0.15) is 24.0 Å². The lowest BCUT2D eigenvalue weighted by Crippen LogP contribution is -2.44. The first-order chi connectivity index (χ1) is 9.60. The minimum absolute atomic E-state index is 0.00847. The van der Waals surface area contributed by atoms with Crippen LogP contribution >= 0.6 is 0 Å². The van der Waals surface area contributed by atoms with E-state index in [0.717, 1.165) is 25.2 Å². The van der Waals surface area contributed by atoms with Crippen molar-refractivity contribution >= 4 is 5.97 Å². The van der Waals surface area contributed by atoms with Crippen molar-refractivity contribution in [3.05, 3.63) is 29.3 Å². The van der Waals surface area contributed by atoms with Crippen molar-refractivity contribution in [2.45, 2.75) is 20.0 Å². The van der Waals surface area contributed by atoms with Crippen molar-refractivity contribution in [1.29, 1.82) is 0 Å². The van der Waals surface area contributed by atoms with Gasteiger partial charge >= 0.3 is 5.97 Å². The van der Waals surface area contributed by atoms with Gasteiger partial charge in [0, 0.05) is 13.1 Å². The Morgan fingerprint density at radius 1 is 1.55 bits per heavy atom. The average molecular weight is 279 g/mol. The van der Waals surface area contributed by atoms with E-state index in [4.69, 9.17) is 14.6 Å². The van der Waals surface area contributed by atoms with Gasteiger partial charge in [-0.05, 0) is 31.2 Å². The van der Waals surface area contributed by atoms with Crippen LogP contribution in [0.5, 0.6) is 5.75 Å². The zero-order chi connectivity index (χ0) is 14.5. The number of benzene rings is 1. The fourth-order valence-corrected chi connectivity index (χ4v) is 2.28. The van der Waals surface area contributed by atoms with Gasteiger partial charge in [0.15, 0.2) is 0 Å². The Bertz CT molecular complexity index is 475. The van der Waals surface area contributed by atoms with Crippen LogP contribution < -0.4 is 4.74 Å². The Morgan fingerprint density at radius 3 is 3.05 bits per heavy atom. The van der Waals surface area contributed by atoms with Crippen molar-refractivity contribution in [3.8, 4) is 5.75 Å². The molecule has 0 aromatic heterocycles. The van der Waals surface area contributed by atoms with Crippen LogP contribution in [0.3, 0.4) is 0 Å². The topological polar surface area (TPSA) is 59.0 Å². The lowest BCUT2D eigenvalue weighted by atomic mass is 10.1. The number of morpholine rings is 1. The molecule has 1 N–H and O–H groups in total. The van der Waals surface area contributed by atoms with Crippen molar-refractivity contribution in [2.24, 2.45) is 0 Å². The first-order valence-electron chi connectivity index (χ1n) is 6.91. The maximum atomic E-state index is 11.2. The van der Waals surface area contributed by atoms with Gasteiger partial charge < -0.3 is 14.6 Å². The quantitative estimate of drug-likeness (QED) is 0.890. The van der Waals surface area contributed by atoms with Crippen LogP contribution in [-0.2, 0) is 4.74 Å². The van der Waals surface area contributed by atoms with Gasteiger partial charge in [-0.15, -0.1) is 0 Å². The normalized spacial score (nSPS) is 19.8. The Kier molecular flexibility index (Phi) is 4.98. The lowest BCUT2D eigenvalue weighted by molar-refractivity contribution is -0.0465. The molecule has 0 radical (unpaired) electrons. The number of rotatable bonds is 5. The highest BCUT2D eigenvalue weighted by Gasteiger charge is 2.21. The molecule has 1 heterocycles. The molecular weight excluding hydrogens is 258 g/mol. The number of carboxylic acids is 1. The summed E-state index contributed by atoms with van der Waals surface area (Å²) in [7, 11) is 0. The van der Waals surface area contributed by atoms with Gasteiger partial charge in [-0.1, -0.05) is 13.0 Å². The average Bonchev–Trinajstić information content (AvgIpc) is 2.45. The molecule has 0 aliphatic carbocycles. The van der Waals surface area contributed by atoms with Crippen LogP contribution in [0.25, 0.3) is 0 Å². The summed E-state index contributed by atoms with van der Waals surface area (Å²) < 4.78 is 11.3. The predicted octanol–water partition coefficient (Wildman–Crippen LogP) is 1.79. The first kappa shape index (κ1) is 14.8. The van der Waals surface area contributed by atoms with E-state index < -0.39 is 5.97 Å². The highest BCUT2D eigenvalue weighted by Crippen LogP contribution is 2.21. The molecule has 0 amide bonds. The number of carbonyl (C=O) groups is 1. The van der Waals surface area contributed by atoms with Crippen LogP contribution in [0.2, 0.25) is 0 Å². The predicted molar refractivity (Wildman–Crippen MR) is 75.5 cm³/mol. The molecule has 20 heavy (non-hydrogen) atoms. The molecule has 1 aromatic carbocycles. The van der Waals surface area contributed by atoms with Crippen molar-refractivity contribution < 1.29 is 19.4 Å². The summed E-state index contributed by atoms with van der Waals surface area (Å²) in [4.78, 5) is 13.5. The Morgan fingerprint density at radius 2 is 2.35 bits per heavy atom. The summed E-state index contributed by atoms with van der Waals surface area (Å²) in [6.07, 6.45) is -0.00847. The van der Waals surface area contributed by atoms with E-state index in [1.165, 1.54) is 0 Å². The summed E-state index contributed by atoms with van der Waals surface area (Å²) >= 11 is 0. The molecule has 0 spiro atoms. The first-order valence-corrected chi connectivity index (χ1v) is 6.91. The smallest absolute Gasteiger partial charge is 0.339 e. The largest absolute Gasteiger partial charge is 0.490 e. The van der Waals surface area contributed by atoms with Crippen LogP contribution in [0.15, 0.2) is 18.2 Å². The fraction of sp³-hybridized carbons (Fsp3) is 0.533. The Labute approximate surface area is 119 Å². The summed E-state index contributed by atoms with van der Waals surface area (Å²) in [5, 5.41) is 9.15. The maximum absolute atomic E-state index is 11.2. The molecular formula is C15H21NO4. The second-order valence-electron chi connectivity index (χ2n) is 5.00. The van der Waals surface area contributed by atoms with E-state index in [0.29, 0.717) is 19.0 Å². The highest BCUT2D eigenvalue weighted by atomic mass is 16.5. The molecule has 2 rings (SSSR count). The van der Waals surface area contributed by atoms with Crippen LogP contribution in [0, 0.1) is 6.92 Å². The number of ether oxygens (including phenoxy) is 2. The maximum Gasteiger partial charge on any atom is 0.339 e. The molecule has 5 nitrogen and oxygen atoms in total. The molecule has 1 saturated heterocycles. The monoisotopic (exact) mass is 279 g/mol. The third-order valence-electron chi connectivity index (χ3n) is 3.46. The Balaban J connectivity index is 1.99. The van der Waals surface area contributed by atoms with E-state index in [1.807, 2.05) is 6.92 Å². The number of aryl methyl sites for hydroxylation is 1. The number of aromatic carboxylic acids is 1. The number of hydrogen-bond donors (Lipinski definition) is 1. The molecule has 1 aliphatic rings. The molecule has 0 saturated carbocycles. The molecule has 5 heteroatoms. The highest BCUT2D eigenvalue weighted by molar-refractivity contribution is 5.90. The summed E-state index contributed by atoms with van der Waals surface area (Å²) in [5.41, 5.74) is 1.17. The van der Waals surface area contributed by atoms with Gasteiger partial charge in [-0.25, -0.2) is 4.79 Å². The number of hydrogen-bond acceptors (Lipinski definition) is 4. The van der Waals surface area contributed by atoms with E-state index >= 15 is 0 Å². The van der Waals surface area contributed by atoms with Gasteiger partial charge in [0.05, 0.1) is 6.61 Å². The Hall–Kier alpha value is -1.59. The molecule has 110 valence electrons. The fourth-order valence-electron chi connectivity index (χ4n) is 2.28. The third-order valence-corrected chi connectivity index (χ3v) is 3.46. The van der Waals surface area contributed by atoms with E-state index in [1.54, 1.807) is 18.2 Å². The zero-order valence-electron chi connectivity index (χ0n) is 12.0. The summed E-state index contributed by atoms with van der Waals surface area (Å²) in [6.45, 7) is 7.86. The van der Waals surface area contributed by atoms with Crippen LogP contribution in [0.4, 0.5) is 0 Å². The third kappa shape index (κ3) is 3.71. The molecule has 0 bridgehead atoms. The second-order valence-corrected chi connectivity index (χ2v) is 5.00. The van der Waals surface area contributed by atoms with Crippen LogP contribution in [-0.4, -0.2) is 54.9 Å². The number of carboxylic acid groups (broad SMARTS) is 1. The van der Waals surface area contributed by atoms with E-state index in [2.05, 4.69) is 11.8 Å². The van der Waals surface area contributed by atoms with Crippen molar-refractivity contribution in [3.63, 3.8) is 0 Å². The minimum Gasteiger partial charge on any atom is -0.490 e. The molecule has 1 unspecified atom stereocenters.